The molecule has 102 valence electrons. The second-order valence-corrected chi connectivity index (χ2v) is 5.96. The predicted octanol–water partition coefficient (Wildman–Crippen LogP) is 4.17. The van der Waals surface area contributed by atoms with Gasteiger partial charge in [0.15, 0.2) is 0 Å². The SMILES string of the molecule is COc1c(Br)cc(CNc2c(C)n[nH]c2C)cc1Br. The van der Waals surface area contributed by atoms with Crippen LogP contribution in [-0.4, -0.2) is 17.3 Å². The van der Waals surface area contributed by atoms with Crippen LogP contribution in [0.2, 0.25) is 0 Å². The van der Waals surface area contributed by atoms with Crippen LogP contribution in [0.5, 0.6) is 5.75 Å². The molecule has 0 amide bonds. The van der Waals surface area contributed by atoms with Crippen molar-refractivity contribution in [3.63, 3.8) is 0 Å². The van der Waals surface area contributed by atoms with Crippen LogP contribution in [-0.2, 0) is 6.54 Å². The van der Waals surface area contributed by atoms with Gasteiger partial charge in [0.05, 0.1) is 33.1 Å². The summed E-state index contributed by atoms with van der Waals surface area (Å²) in [7, 11) is 1.65. The van der Waals surface area contributed by atoms with E-state index in [2.05, 4.69) is 47.4 Å². The van der Waals surface area contributed by atoms with Crippen molar-refractivity contribution in [2.45, 2.75) is 20.4 Å². The number of nitrogens with one attached hydrogen (secondary N) is 2. The first-order valence-corrected chi connectivity index (χ1v) is 7.39. The number of methoxy groups -OCH3 is 1. The summed E-state index contributed by atoms with van der Waals surface area (Å²) in [6.07, 6.45) is 0. The Labute approximate surface area is 129 Å². The van der Waals surface area contributed by atoms with Gasteiger partial charge >= 0.3 is 0 Å². The van der Waals surface area contributed by atoms with Gasteiger partial charge in [0, 0.05) is 6.54 Å². The van der Waals surface area contributed by atoms with Crippen LogP contribution in [0.4, 0.5) is 5.69 Å². The monoisotopic (exact) mass is 387 g/mol. The number of rotatable bonds is 4. The average molecular weight is 389 g/mol. The van der Waals surface area contributed by atoms with E-state index in [-0.39, 0.29) is 0 Å². The molecule has 0 bridgehead atoms. The quantitative estimate of drug-likeness (QED) is 0.826. The molecule has 6 heteroatoms. The zero-order valence-corrected chi connectivity index (χ0v) is 14.1. The second-order valence-electron chi connectivity index (χ2n) is 4.26. The molecule has 2 rings (SSSR count). The maximum Gasteiger partial charge on any atom is 0.147 e. The topological polar surface area (TPSA) is 49.9 Å². The molecular weight excluding hydrogens is 374 g/mol. The number of aryl methyl sites for hydroxylation is 2. The van der Waals surface area contributed by atoms with E-state index >= 15 is 0 Å². The Morgan fingerprint density at radius 1 is 1.26 bits per heavy atom. The fraction of sp³-hybridized carbons (Fsp3) is 0.308. The summed E-state index contributed by atoms with van der Waals surface area (Å²) >= 11 is 7.01. The van der Waals surface area contributed by atoms with E-state index < -0.39 is 0 Å². The third-order valence-corrected chi connectivity index (χ3v) is 4.04. The van der Waals surface area contributed by atoms with Gasteiger partial charge in [-0.05, 0) is 63.4 Å². The summed E-state index contributed by atoms with van der Waals surface area (Å²) in [5.41, 5.74) is 4.23. The van der Waals surface area contributed by atoms with E-state index in [1.54, 1.807) is 7.11 Å². The van der Waals surface area contributed by atoms with E-state index in [4.69, 9.17) is 4.74 Å². The fourth-order valence-corrected chi connectivity index (χ4v) is 3.52. The third-order valence-electron chi connectivity index (χ3n) is 2.86. The molecule has 0 atom stereocenters. The minimum Gasteiger partial charge on any atom is -0.494 e. The Kier molecular flexibility index (Phi) is 4.52. The standard InChI is InChI=1S/C13H15Br2N3O/c1-7-12(8(2)18-17-7)16-6-9-4-10(14)13(19-3)11(15)5-9/h4-5,16H,6H2,1-3H3,(H,17,18). The predicted molar refractivity (Wildman–Crippen MR) is 83.8 cm³/mol. The molecule has 0 saturated carbocycles. The summed E-state index contributed by atoms with van der Waals surface area (Å²) < 4.78 is 7.15. The summed E-state index contributed by atoms with van der Waals surface area (Å²) in [5.74, 6) is 0.805. The van der Waals surface area contributed by atoms with E-state index in [9.17, 15) is 0 Å². The first-order chi connectivity index (χ1) is 9.02. The number of aromatic amines is 1. The van der Waals surface area contributed by atoms with Crippen molar-refractivity contribution in [3.8, 4) is 5.75 Å². The molecule has 0 fully saturated rings. The van der Waals surface area contributed by atoms with Crippen molar-refractivity contribution in [2.24, 2.45) is 0 Å². The van der Waals surface area contributed by atoms with Crippen LogP contribution in [0.15, 0.2) is 21.1 Å². The van der Waals surface area contributed by atoms with E-state index in [1.807, 2.05) is 26.0 Å². The molecule has 19 heavy (non-hydrogen) atoms. The highest BCUT2D eigenvalue weighted by Crippen LogP contribution is 2.34. The van der Waals surface area contributed by atoms with Crippen LogP contribution < -0.4 is 10.1 Å². The number of halogens is 2. The van der Waals surface area contributed by atoms with Gasteiger partial charge in [-0.15, -0.1) is 0 Å². The van der Waals surface area contributed by atoms with Crippen LogP contribution in [0.3, 0.4) is 0 Å². The number of nitrogens with zero attached hydrogens (tertiary/aromatic N) is 1. The largest absolute Gasteiger partial charge is 0.494 e. The molecule has 0 aliphatic heterocycles. The van der Waals surface area contributed by atoms with Crippen molar-refractivity contribution in [1.82, 2.24) is 10.2 Å². The highest BCUT2D eigenvalue weighted by atomic mass is 79.9. The molecule has 1 heterocycles. The van der Waals surface area contributed by atoms with Crippen LogP contribution in [0.1, 0.15) is 17.0 Å². The minimum atomic E-state index is 0.725. The molecule has 0 spiro atoms. The number of ether oxygens (including phenoxy) is 1. The molecule has 0 unspecified atom stereocenters. The summed E-state index contributed by atoms with van der Waals surface area (Å²) in [6.45, 7) is 4.70. The van der Waals surface area contributed by atoms with Gasteiger partial charge in [-0.2, -0.15) is 5.10 Å². The molecule has 4 nitrogen and oxygen atoms in total. The molecule has 2 aromatic rings. The Hall–Kier alpha value is -1.01. The number of benzene rings is 1. The summed E-state index contributed by atoms with van der Waals surface area (Å²) in [5, 5.41) is 10.5. The first kappa shape index (κ1) is 14.4. The third kappa shape index (κ3) is 3.12. The van der Waals surface area contributed by atoms with Gasteiger partial charge in [-0.3, -0.25) is 5.10 Å². The Balaban J connectivity index is 2.17. The van der Waals surface area contributed by atoms with Crippen LogP contribution in [0, 0.1) is 13.8 Å². The van der Waals surface area contributed by atoms with Gasteiger partial charge in [0.25, 0.3) is 0 Å². The number of aromatic nitrogens is 2. The second kappa shape index (κ2) is 5.96. The fourth-order valence-electron chi connectivity index (χ4n) is 1.91. The van der Waals surface area contributed by atoms with E-state index in [1.165, 1.54) is 0 Å². The van der Waals surface area contributed by atoms with E-state index in [0.717, 1.165) is 43.9 Å². The lowest BCUT2D eigenvalue weighted by Crippen LogP contribution is -2.02. The molecule has 0 aliphatic carbocycles. The molecule has 2 N–H and O–H groups in total. The van der Waals surface area contributed by atoms with Crippen molar-refractivity contribution >= 4 is 37.5 Å². The summed E-state index contributed by atoms with van der Waals surface area (Å²) in [6, 6.07) is 4.09. The molecular formula is C13H15Br2N3O. The van der Waals surface area contributed by atoms with Crippen molar-refractivity contribution in [2.75, 3.05) is 12.4 Å². The van der Waals surface area contributed by atoms with Crippen molar-refractivity contribution < 1.29 is 4.74 Å². The maximum absolute atomic E-state index is 5.29. The zero-order valence-electron chi connectivity index (χ0n) is 11.0. The number of anilines is 1. The van der Waals surface area contributed by atoms with Gasteiger partial charge in [-0.25, -0.2) is 0 Å². The van der Waals surface area contributed by atoms with Gasteiger partial charge in [0.1, 0.15) is 5.75 Å². The maximum atomic E-state index is 5.29. The first-order valence-electron chi connectivity index (χ1n) is 5.80. The van der Waals surface area contributed by atoms with Crippen LogP contribution >= 0.6 is 31.9 Å². The lowest BCUT2D eigenvalue weighted by molar-refractivity contribution is 0.409. The van der Waals surface area contributed by atoms with Crippen molar-refractivity contribution in [1.29, 1.82) is 0 Å². The van der Waals surface area contributed by atoms with Crippen LogP contribution in [0.25, 0.3) is 0 Å². The Bertz CT molecular complexity index is 553. The molecule has 0 aliphatic rings. The number of hydrogen-bond acceptors (Lipinski definition) is 3. The highest BCUT2D eigenvalue weighted by molar-refractivity contribution is 9.11. The molecule has 1 aromatic carbocycles. The minimum absolute atomic E-state index is 0.725. The average Bonchev–Trinajstić information content (AvgIpc) is 2.66. The Morgan fingerprint density at radius 3 is 2.37 bits per heavy atom. The van der Waals surface area contributed by atoms with Gasteiger partial charge < -0.3 is 10.1 Å². The number of H-pyrrole nitrogens is 1. The lowest BCUT2D eigenvalue weighted by Gasteiger charge is -2.11. The summed E-state index contributed by atoms with van der Waals surface area (Å²) in [4.78, 5) is 0. The lowest BCUT2D eigenvalue weighted by atomic mass is 10.2. The molecule has 0 saturated heterocycles. The Morgan fingerprint density at radius 2 is 1.89 bits per heavy atom. The number of hydrogen-bond donors (Lipinski definition) is 2. The van der Waals surface area contributed by atoms with Crippen molar-refractivity contribution in [3.05, 3.63) is 38.0 Å². The van der Waals surface area contributed by atoms with E-state index in [0.29, 0.717) is 0 Å². The van der Waals surface area contributed by atoms with Gasteiger partial charge in [-0.1, -0.05) is 0 Å². The molecule has 1 aromatic heterocycles. The normalized spacial score (nSPS) is 10.6. The molecule has 0 radical (unpaired) electrons. The zero-order chi connectivity index (χ0) is 14.0. The smallest absolute Gasteiger partial charge is 0.147 e. The van der Waals surface area contributed by atoms with Gasteiger partial charge in [0.2, 0.25) is 0 Å². The highest BCUT2D eigenvalue weighted by Gasteiger charge is 2.09.